The maximum Gasteiger partial charge on any atom is 0.407 e. The zero-order valence-corrected chi connectivity index (χ0v) is 13.9. The maximum atomic E-state index is 11.6. The lowest BCUT2D eigenvalue weighted by atomic mass is 10.2. The molecule has 116 valence electrons. The quantitative estimate of drug-likeness (QED) is 0.753. The Labute approximate surface area is 132 Å². The van der Waals surface area contributed by atoms with Crippen molar-refractivity contribution in [1.29, 1.82) is 0 Å². The lowest BCUT2D eigenvalue weighted by Crippen LogP contribution is -2.46. The van der Waals surface area contributed by atoms with E-state index in [4.69, 9.17) is 10.5 Å². The van der Waals surface area contributed by atoms with Crippen LogP contribution in [-0.4, -0.2) is 30.2 Å². The highest BCUT2D eigenvalue weighted by atomic mass is 79.9. The summed E-state index contributed by atoms with van der Waals surface area (Å²) in [4.78, 5) is 23.0. The zero-order valence-electron chi connectivity index (χ0n) is 12.3. The largest absolute Gasteiger partial charge is 0.444 e. The maximum absolute atomic E-state index is 11.6. The molecule has 0 spiro atoms. The van der Waals surface area contributed by atoms with Crippen LogP contribution in [-0.2, 0) is 9.53 Å². The number of rotatable bonds is 5. The third-order valence-corrected chi connectivity index (χ3v) is 3.09. The SMILES string of the molecule is CC(C)(C)OC(=O)NCC(Nc1ccccc1Br)C(N)=O. The highest BCUT2D eigenvalue weighted by Gasteiger charge is 2.20. The van der Waals surface area contributed by atoms with E-state index >= 15 is 0 Å². The lowest BCUT2D eigenvalue weighted by Gasteiger charge is -2.22. The highest BCUT2D eigenvalue weighted by Crippen LogP contribution is 2.21. The molecule has 1 aromatic rings. The van der Waals surface area contributed by atoms with Gasteiger partial charge in [0.25, 0.3) is 0 Å². The first-order valence-electron chi connectivity index (χ1n) is 6.46. The van der Waals surface area contributed by atoms with Crippen molar-refractivity contribution in [3.63, 3.8) is 0 Å². The van der Waals surface area contributed by atoms with Gasteiger partial charge in [-0.15, -0.1) is 0 Å². The van der Waals surface area contributed by atoms with E-state index in [1.807, 2.05) is 18.2 Å². The second-order valence-corrected chi connectivity index (χ2v) is 6.32. The fraction of sp³-hybridized carbons (Fsp3) is 0.429. The second kappa shape index (κ2) is 7.31. The number of carbonyl (C=O) groups is 2. The van der Waals surface area contributed by atoms with Crippen LogP contribution < -0.4 is 16.4 Å². The number of nitrogens with two attached hydrogens (primary N) is 1. The standard InChI is InChI=1S/C14H20BrN3O3/c1-14(2,3)21-13(20)17-8-11(12(16)19)18-10-7-5-4-6-9(10)15/h4-7,11,18H,8H2,1-3H3,(H2,16,19)(H,17,20). The Morgan fingerprint density at radius 3 is 2.48 bits per heavy atom. The number of hydrogen-bond donors (Lipinski definition) is 3. The number of anilines is 1. The number of halogens is 1. The molecule has 0 aromatic heterocycles. The summed E-state index contributed by atoms with van der Waals surface area (Å²) in [5.74, 6) is -0.568. The number of nitrogens with one attached hydrogen (secondary N) is 2. The van der Waals surface area contributed by atoms with Crippen molar-refractivity contribution in [1.82, 2.24) is 5.32 Å². The Bertz CT molecular complexity index is 514. The minimum Gasteiger partial charge on any atom is -0.444 e. The number of ether oxygens (including phenoxy) is 1. The van der Waals surface area contributed by atoms with E-state index in [1.54, 1.807) is 26.8 Å². The summed E-state index contributed by atoms with van der Waals surface area (Å²) in [7, 11) is 0. The highest BCUT2D eigenvalue weighted by molar-refractivity contribution is 9.10. The summed E-state index contributed by atoms with van der Waals surface area (Å²) in [5.41, 5.74) is 5.46. The molecule has 4 N–H and O–H groups in total. The summed E-state index contributed by atoms with van der Waals surface area (Å²) in [6.07, 6.45) is -0.595. The summed E-state index contributed by atoms with van der Waals surface area (Å²) < 4.78 is 5.90. The van der Waals surface area contributed by atoms with Crippen LogP contribution in [0.15, 0.2) is 28.7 Å². The number of alkyl carbamates (subject to hydrolysis) is 1. The van der Waals surface area contributed by atoms with Crippen molar-refractivity contribution in [2.24, 2.45) is 5.73 Å². The summed E-state index contributed by atoms with van der Waals surface area (Å²) >= 11 is 3.37. The molecule has 0 aliphatic carbocycles. The first-order chi connectivity index (χ1) is 9.69. The van der Waals surface area contributed by atoms with Crippen LogP contribution in [0, 0.1) is 0 Å². The minimum atomic E-state index is -0.740. The van der Waals surface area contributed by atoms with Gasteiger partial charge in [-0.25, -0.2) is 4.79 Å². The van der Waals surface area contributed by atoms with Crippen molar-refractivity contribution in [2.75, 3.05) is 11.9 Å². The minimum absolute atomic E-state index is 0.0333. The number of hydrogen-bond acceptors (Lipinski definition) is 4. The van der Waals surface area contributed by atoms with Crippen LogP contribution in [0.25, 0.3) is 0 Å². The van der Waals surface area contributed by atoms with Gasteiger partial charge in [0.2, 0.25) is 5.91 Å². The molecule has 0 fully saturated rings. The van der Waals surface area contributed by atoms with Crippen molar-refractivity contribution >= 4 is 33.6 Å². The number of primary amides is 1. The fourth-order valence-corrected chi connectivity index (χ4v) is 1.89. The van der Waals surface area contributed by atoms with E-state index in [0.717, 1.165) is 4.47 Å². The van der Waals surface area contributed by atoms with Crippen molar-refractivity contribution in [3.05, 3.63) is 28.7 Å². The molecule has 1 atom stereocenters. The van der Waals surface area contributed by atoms with E-state index in [9.17, 15) is 9.59 Å². The first kappa shape index (κ1) is 17.3. The van der Waals surface area contributed by atoms with Gasteiger partial charge in [0.15, 0.2) is 0 Å². The Kier molecular flexibility index (Phi) is 6.02. The predicted molar refractivity (Wildman–Crippen MR) is 85.0 cm³/mol. The van der Waals surface area contributed by atoms with Gasteiger partial charge in [0, 0.05) is 10.2 Å². The van der Waals surface area contributed by atoms with Crippen LogP contribution >= 0.6 is 15.9 Å². The van der Waals surface area contributed by atoms with Gasteiger partial charge in [-0.3, -0.25) is 4.79 Å². The monoisotopic (exact) mass is 357 g/mol. The van der Waals surface area contributed by atoms with Gasteiger partial charge in [0.1, 0.15) is 11.6 Å². The molecule has 0 saturated heterocycles. The van der Waals surface area contributed by atoms with E-state index in [2.05, 4.69) is 26.6 Å². The van der Waals surface area contributed by atoms with Crippen LogP contribution in [0.4, 0.5) is 10.5 Å². The number of para-hydroxylation sites is 1. The molecule has 0 bridgehead atoms. The molecule has 1 aromatic carbocycles. The van der Waals surface area contributed by atoms with Crippen LogP contribution in [0.1, 0.15) is 20.8 Å². The molecule has 7 heteroatoms. The van der Waals surface area contributed by atoms with E-state index in [0.29, 0.717) is 5.69 Å². The van der Waals surface area contributed by atoms with Gasteiger partial charge < -0.3 is 21.1 Å². The Morgan fingerprint density at radius 2 is 1.95 bits per heavy atom. The molecule has 1 unspecified atom stereocenters. The summed E-state index contributed by atoms with van der Waals surface area (Å²) in [6.45, 7) is 5.32. The van der Waals surface area contributed by atoms with E-state index in [1.165, 1.54) is 0 Å². The smallest absolute Gasteiger partial charge is 0.407 e. The molecule has 0 saturated carbocycles. The fourth-order valence-electron chi connectivity index (χ4n) is 1.49. The lowest BCUT2D eigenvalue weighted by molar-refractivity contribution is -0.118. The van der Waals surface area contributed by atoms with Gasteiger partial charge >= 0.3 is 6.09 Å². The zero-order chi connectivity index (χ0) is 16.0. The summed E-state index contributed by atoms with van der Waals surface area (Å²) in [6, 6.07) is 6.57. The molecule has 6 nitrogen and oxygen atoms in total. The molecular formula is C14H20BrN3O3. The van der Waals surface area contributed by atoms with Crippen LogP contribution in [0.5, 0.6) is 0 Å². The molecule has 21 heavy (non-hydrogen) atoms. The van der Waals surface area contributed by atoms with Gasteiger partial charge in [-0.1, -0.05) is 12.1 Å². The Balaban J connectivity index is 2.61. The number of carbonyl (C=O) groups excluding carboxylic acids is 2. The second-order valence-electron chi connectivity index (χ2n) is 5.46. The Morgan fingerprint density at radius 1 is 1.33 bits per heavy atom. The number of benzene rings is 1. The molecule has 0 aliphatic rings. The molecule has 0 radical (unpaired) electrons. The molecule has 0 heterocycles. The molecule has 2 amide bonds. The average Bonchev–Trinajstić information content (AvgIpc) is 2.34. The molecule has 0 aliphatic heterocycles. The van der Waals surface area contributed by atoms with Crippen molar-refractivity contribution in [3.8, 4) is 0 Å². The summed E-state index contributed by atoms with van der Waals surface area (Å²) in [5, 5.41) is 5.49. The van der Waals surface area contributed by atoms with Gasteiger partial charge in [-0.2, -0.15) is 0 Å². The van der Waals surface area contributed by atoms with Gasteiger partial charge in [-0.05, 0) is 48.8 Å². The van der Waals surface area contributed by atoms with Crippen LogP contribution in [0.2, 0.25) is 0 Å². The van der Waals surface area contributed by atoms with E-state index < -0.39 is 23.6 Å². The third kappa shape index (κ3) is 6.48. The predicted octanol–water partition coefficient (Wildman–Crippen LogP) is 2.24. The first-order valence-corrected chi connectivity index (χ1v) is 7.25. The average molecular weight is 358 g/mol. The third-order valence-electron chi connectivity index (χ3n) is 2.40. The van der Waals surface area contributed by atoms with Crippen LogP contribution in [0.3, 0.4) is 0 Å². The Hall–Kier alpha value is -1.76. The topological polar surface area (TPSA) is 93.4 Å². The van der Waals surface area contributed by atoms with Crippen molar-refractivity contribution in [2.45, 2.75) is 32.4 Å². The van der Waals surface area contributed by atoms with E-state index in [-0.39, 0.29) is 6.54 Å². The van der Waals surface area contributed by atoms with Crippen molar-refractivity contribution < 1.29 is 14.3 Å². The molecule has 1 rings (SSSR count). The molecular weight excluding hydrogens is 338 g/mol. The normalized spacial score (nSPS) is 12.4. The van der Waals surface area contributed by atoms with Gasteiger partial charge in [0.05, 0.1) is 6.54 Å². The number of amides is 2.